The van der Waals surface area contributed by atoms with E-state index in [0.717, 1.165) is 44.1 Å². The van der Waals surface area contributed by atoms with Gasteiger partial charge in [0.1, 0.15) is 5.52 Å². The summed E-state index contributed by atoms with van der Waals surface area (Å²) < 4.78 is 5.38. The number of aromatic nitrogens is 4. The van der Waals surface area contributed by atoms with Gasteiger partial charge in [-0.1, -0.05) is 0 Å². The number of hydrogen-bond donors (Lipinski definition) is 3. The summed E-state index contributed by atoms with van der Waals surface area (Å²) in [5, 5.41) is 6.49. The van der Waals surface area contributed by atoms with Gasteiger partial charge in [0.15, 0.2) is 11.5 Å². The van der Waals surface area contributed by atoms with Crippen molar-refractivity contribution in [2.45, 2.75) is 13.3 Å². The number of nitrogens with zero attached hydrogens (tertiary/aromatic N) is 3. The van der Waals surface area contributed by atoms with Crippen molar-refractivity contribution in [3.63, 3.8) is 0 Å². The van der Waals surface area contributed by atoms with Gasteiger partial charge in [0.05, 0.1) is 12.9 Å². The van der Waals surface area contributed by atoms with E-state index in [0.29, 0.717) is 17.5 Å². The van der Waals surface area contributed by atoms with E-state index in [4.69, 9.17) is 4.74 Å². The van der Waals surface area contributed by atoms with Crippen LogP contribution in [0.15, 0.2) is 6.33 Å². The minimum absolute atomic E-state index is 0.551. The Labute approximate surface area is 111 Å². The Morgan fingerprint density at radius 3 is 3.16 bits per heavy atom. The Balaban J connectivity index is 1.80. The first-order chi connectivity index (χ1) is 9.36. The van der Waals surface area contributed by atoms with Crippen LogP contribution in [0.3, 0.4) is 0 Å². The van der Waals surface area contributed by atoms with Crippen molar-refractivity contribution in [2.75, 3.05) is 36.9 Å². The van der Waals surface area contributed by atoms with Crippen molar-refractivity contribution in [3.05, 3.63) is 6.33 Å². The Morgan fingerprint density at radius 1 is 1.42 bits per heavy atom. The summed E-state index contributed by atoms with van der Waals surface area (Å²) in [4.78, 5) is 16.1. The van der Waals surface area contributed by atoms with Crippen LogP contribution in [-0.4, -0.2) is 46.2 Å². The van der Waals surface area contributed by atoms with Gasteiger partial charge in [0.2, 0.25) is 5.95 Å². The highest BCUT2D eigenvalue weighted by Gasteiger charge is 2.17. The minimum Gasteiger partial charge on any atom is -0.381 e. The van der Waals surface area contributed by atoms with Gasteiger partial charge >= 0.3 is 0 Å². The number of ether oxygens (including phenoxy) is 1. The Morgan fingerprint density at radius 2 is 2.37 bits per heavy atom. The topological polar surface area (TPSA) is 87.8 Å². The number of H-pyrrole nitrogens is 1. The number of imidazole rings is 1. The fourth-order valence-corrected chi connectivity index (χ4v) is 2.18. The number of fused-ring (bicyclic) bond motifs is 1. The normalized spacial score (nSPS) is 18.9. The summed E-state index contributed by atoms with van der Waals surface area (Å²) in [6, 6.07) is 0. The molecule has 3 heterocycles. The maximum absolute atomic E-state index is 5.38. The third kappa shape index (κ3) is 2.60. The van der Waals surface area contributed by atoms with E-state index in [1.807, 2.05) is 6.92 Å². The minimum atomic E-state index is 0.551. The third-order valence-electron chi connectivity index (χ3n) is 3.20. The van der Waals surface area contributed by atoms with Crippen LogP contribution in [0.5, 0.6) is 0 Å². The first kappa shape index (κ1) is 12.2. The van der Waals surface area contributed by atoms with Gasteiger partial charge in [-0.25, -0.2) is 4.98 Å². The Kier molecular flexibility index (Phi) is 3.45. The van der Waals surface area contributed by atoms with Crippen LogP contribution in [0.1, 0.15) is 13.3 Å². The molecule has 102 valence electrons. The molecule has 1 aliphatic heterocycles. The number of hydrogen-bond acceptors (Lipinski definition) is 6. The highest BCUT2D eigenvalue weighted by Crippen LogP contribution is 2.20. The smallest absolute Gasteiger partial charge is 0.226 e. The van der Waals surface area contributed by atoms with Gasteiger partial charge in [-0.2, -0.15) is 9.97 Å². The first-order valence-electron chi connectivity index (χ1n) is 6.63. The molecule has 0 bridgehead atoms. The number of rotatable bonds is 5. The maximum Gasteiger partial charge on any atom is 0.226 e. The van der Waals surface area contributed by atoms with Gasteiger partial charge in [-0.15, -0.1) is 0 Å². The lowest BCUT2D eigenvalue weighted by Gasteiger charge is -2.11. The summed E-state index contributed by atoms with van der Waals surface area (Å²) in [6.07, 6.45) is 2.74. The van der Waals surface area contributed by atoms with Crippen LogP contribution in [0.4, 0.5) is 11.8 Å². The van der Waals surface area contributed by atoms with Crippen LogP contribution < -0.4 is 10.6 Å². The second kappa shape index (κ2) is 5.40. The van der Waals surface area contributed by atoms with Crippen LogP contribution in [0, 0.1) is 5.92 Å². The molecule has 0 amide bonds. The molecule has 1 aliphatic rings. The molecule has 1 atom stereocenters. The molecular weight excluding hydrogens is 244 g/mol. The van der Waals surface area contributed by atoms with E-state index in [9.17, 15) is 0 Å². The Bertz CT molecular complexity index is 548. The SMILES string of the molecule is CCNc1nc(NCC2CCOC2)c2[nH]cnc2n1. The summed E-state index contributed by atoms with van der Waals surface area (Å²) in [7, 11) is 0. The molecule has 1 fully saturated rings. The average molecular weight is 262 g/mol. The largest absolute Gasteiger partial charge is 0.381 e. The van der Waals surface area contributed by atoms with Crippen molar-refractivity contribution in [1.82, 2.24) is 19.9 Å². The molecule has 1 unspecified atom stereocenters. The fourth-order valence-electron chi connectivity index (χ4n) is 2.18. The zero-order valence-corrected chi connectivity index (χ0v) is 10.9. The van der Waals surface area contributed by atoms with Crippen molar-refractivity contribution < 1.29 is 4.74 Å². The lowest BCUT2D eigenvalue weighted by Crippen LogP contribution is -2.16. The van der Waals surface area contributed by atoms with Crippen molar-refractivity contribution in [2.24, 2.45) is 5.92 Å². The standard InChI is InChI=1S/C12H18N6O/c1-2-13-12-17-10(9-11(18-12)16-7-15-9)14-5-8-3-4-19-6-8/h7-8H,2-6H2,1H3,(H3,13,14,15,16,17,18). The Hall–Kier alpha value is -1.89. The van der Waals surface area contributed by atoms with Crippen molar-refractivity contribution in [3.8, 4) is 0 Å². The highest BCUT2D eigenvalue weighted by molar-refractivity contribution is 5.83. The predicted molar refractivity (Wildman–Crippen MR) is 73.3 cm³/mol. The molecule has 0 saturated carbocycles. The third-order valence-corrected chi connectivity index (χ3v) is 3.20. The zero-order valence-electron chi connectivity index (χ0n) is 10.9. The van der Waals surface area contributed by atoms with Gasteiger partial charge in [0.25, 0.3) is 0 Å². The number of anilines is 2. The molecule has 7 heteroatoms. The van der Waals surface area contributed by atoms with Crippen LogP contribution in [-0.2, 0) is 4.74 Å². The summed E-state index contributed by atoms with van der Waals surface area (Å²) >= 11 is 0. The van der Waals surface area contributed by atoms with E-state index < -0.39 is 0 Å². The summed E-state index contributed by atoms with van der Waals surface area (Å²) in [6.45, 7) is 5.34. The predicted octanol–water partition coefficient (Wildman–Crippen LogP) is 1.23. The van der Waals surface area contributed by atoms with E-state index in [1.54, 1.807) is 6.33 Å². The summed E-state index contributed by atoms with van der Waals surface area (Å²) in [5.74, 6) is 1.95. The molecule has 0 aliphatic carbocycles. The second-order valence-corrected chi connectivity index (χ2v) is 4.64. The highest BCUT2D eigenvalue weighted by atomic mass is 16.5. The molecule has 0 spiro atoms. The number of aromatic amines is 1. The lowest BCUT2D eigenvalue weighted by atomic mass is 10.1. The molecular formula is C12H18N6O. The lowest BCUT2D eigenvalue weighted by molar-refractivity contribution is 0.187. The molecule has 0 radical (unpaired) electrons. The molecule has 3 rings (SSSR count). The molecule has 1 saturated heterocycles. The molecule has 19 heavy (non-hydrogen) atoms. The van der Waals surface area contributed by atoms with E-state index >= 15 is 0 Å². The van der Waals surface area contributed by atoms with Gasteiger partial charge in [-0.3, -0.25) is 0 Å². The van der Waals surface area contributed by atoms with E-state index in [1.165, 1.54) is 0 Å². The summed E-state index contributed by atoms with van der Waals surface area (Å²) in [5.41, 5.74) is 1.52. The van der Waals surface area contributed by atoms with Gasteiger partial charge in [-0.05, 0) is 13.3 Å². The fraction of sp³-hybridized carbons (Fsp3) is 0.583. The number of nitrogens with one attached hydrogen (secondary N) is 3. The van der Waals surface area contributed by atoms with Crippen molar-refractivity contribution in [1.29, 1.82) is 0 Å². The van der Waals surface area contributed by atoms with E-state index in [2.05, 4.69) is 30.6 Å². The average Bonchev–Trinajstić information content (AvgIpc) is 3.07. The molecule has 0 aromatic carbocycles. The van der Waals surface area contributed by atoms with Gasteiger partial charge in [0, 0.05) is 25.6 Å². The monoisotopic (exact) mass is 262 g/mol. The maximum atomic E-state index is 5.38. The van der Waals surface area contributed by atoms with Crippen molar-refractivity contribution >= 4 is 22.9 Å². The molecule has 2 aromatic rings. The van der Waals surface area contributed by atoms with Crippen LogP contribution in [0.2, 0.25) is 0 Å². The quantitative estimate of drug-likeness (QED) is 0.751. The second-order valence-electron chi connectivity index (χ2n) is 4.64. The van der Waals surface area contributed by atoms with Gasteiger partial charge < -0.3 is 20.4 Å². The molecule has 2 aromatic heterocycles. The zero-order chi connectivity index (χ0) is 13.1. The first-order valence-corrected chi connectivity index (χ1v) is 6.63. The van der Waals surface area contributed by atoms with Crippen LogP contribution >= 0.6 is 0 Å². The van der Waals surface area contributed by atoms with Crippen LogP contribution in [0.25, 0.3) is 11.2 Å². The molecule has 7 nitrogen and oxygen atoms in total. The van der Waals surface area contributed by atoms with E-state index in [-0.39, 0.29) is 0 Å². The molecule has 3 N–H and O–H groups in total.